The number of H-pyrrole nitrogens is 1. The average molecular weight is 487 g/mol. The summed E-state index contributed by atoms with van der Waals surface area (Å²) in [7, 11) is -3.73. The quantitative estimate of drug-likeness (QED) is 0.669. The summed E-state index contributed by atoms with van der Waals surface area (Å²) in [6.45, 7) is 5.21. The van der Waals surface area contributed by atoms with Gasteiger partial charge in [-0.1, -0.05) is 0 Å². The van der Waals surface area contributed by atoms with E-state index in [1.54, 1.807) is 24.8 Å². The zero-order valence-corrected chi connectivity index (χ0v) is 19.9. The van der Waals surface area contributed by atoms with Crippen LogP contribution in [0, 0.1) is 25.2 Å². The van der Waals surface area contributed by atoms with Crippen LogP contribution < -0.4 is 15.0 Å². The van der Waals surface area contributed by atoms with E-state index in [1.165, 1.54) is 16.4 Å². The van der Waals surface area contributed by atoms with E-state index < -0.39 is 15.6 Å². The molecule has 3 heterocycles. The van der Waals surface area contributed by atoms with E-state index in [0.717, 1.165) is 5.56 Å². The van der Waals surface area contributed by atoms with Crippen LogP contribution in [0.3, 0.4) is 0 Å². The molecule has 4 rings (SSSR count). The Morgan fingerprint density at radius 2 is 1.79 bits per heavy atom. The first-order valence-electron chi connectivity index (χ1n) is 11.0. The van der Waals surface area contributed by atoms with Crippen LogP contribution in [0.5, 0.6) is 11.5 Å². The molecule has 0 atom stereocenters. The van der Waals surface area contributed by atoms with Crippen molar-refractivity contribution < 1.29 is 22.7 Å². The number of sulfonamides is 1. The molecule has 2 aliphatic heterocycles. The van der Waals surface area contributed by atoms with Crippen LogP contribution in [-0.4, -0.2) is 67.9 Å². The molecule has 2 aliphatic rings. The predicted octanol–water partition coefficient (Wildman–Crippen LogP) is 1.10. The van der Waals surface area contributed by atoms with Crippen molar-refractivity contribution in [3.05, 3.63) is 50.9 Å². The van der Waals surface area contributed by atoms with Crippen molar-refractivity contribution in [1.29, 1.82) is 5.26 Å². The normalized spacial score (nSPS) is 16.2. The maximum atomic E-state index is 13.1. The van der Waals surface area contributed by atoms with Gasteiger partial charge >= 0.3 is 0 Å². The second-order valence-corrected chi connectivity index (χ2v) is 10.2. The Balaban J connectivity index is 1.38. The first-order chi connectivity index (χ1) is 16.2. The van der Waals surface area contributed by atoms with Crippen LogP contribution in [0.4, 0.5) is 0 Å². The number of rotatable bonds is 5. The lowest BCUT2D eigenvalue weighted by atomic mass is 9.99. The number of hydrogen-bond donors (Lipinski definition) is 1. The van der Waals surface area contributed by atoms with Crippen LogP contribution in [0.2, 0.25) is 0 Å². The van der Waals surface area contributed by atoms with Crippen LogP contribution in [0.25, 0.3) is 0 Å². The molecule has 1 fully saturated rings. The zero-order chi connectivity index (χ0) is 24.5. The fourth-order valence-corrected chi connectivity index (χ4v) is 5.76. The number of hydrogen-bond acceptors (Lipinski definition) is 7. The third-order valence-electron chi connectivity index (χ3n) is 6.25. The van der Waals surface area contributed by atoms with Gasteiger partial charge in [0, 0.05) is 44.4 Å². The molecule has 0 spiro atoms. The molecule has 1 aromatic heterocycles. The third kappa shape index (κ3) is 4.51. The lowest BCUT2D eigenvalue weighted by Crippen LogP contribution is -2.50. The van der Waals surface area contributed by atoms with E-state index in [9.17, 15) is 23.3 Å². The highest BCUT2D eigenvalue weighted by Crippen LogP contribution is 2.33. The van der Waals surface area contributed by atoms with E-state index >= 15 is 0 Å². The number of aryl methyl sites for hydroxylation is 1. The number of amides is 1. The highest BCUT2D eigenvalue weighted by atomic mass is 32.2. The molecule has 180 valence electrons. The van der Waals surface area contributed by atoms with E-state index in [0.29, 0.717) is 42.4 Å². The van der Waals surface area contributed by atoms with Crippen LogP contribution in [0.1, 0.15) is 28.8 Å². The first kappa shape index (κ1) is 23.8. The Hall–Kier alpha value is -3.36. The minimum absolute atomic E-state index is 0.0611. The summed E-state index contributed by atoms with van der Waals surface area (Å²) in [4.78, 5) is 29.1. The number of benzene rings is 1. The van der Waals surface area contributed by atoms with Gasteiger partial charge in [-0.15, -0.1) is 0 Å². The SMILES string of the molecule is Cc1[nH]c(=O)c(C#N)c(C)c1CCC(=O)N1CCN(S(=O)(=O)c2ccc3c(c2)OCCO3)CC1. The molecular weight excluding hydrogens is 460 g/mol. The topological polar surface area (TPSA) is 133 Å². The van der Waals surface area contributed by atoms with Crippen molar-refractivity contribution in [2.75, 3.05) is 39.4 Å². The molecule has 1 aromatic carbocycles. The lowest BCUT2D eigenvalue weighted by Gasteiger charge is -2.34. The van der Waals surface area contributed by atoms with Crippen molar-refractivity contribution in [1.82, 2.24) is 14.2 Å². The molecule has 0 bridgehead atoms. The molecule has 0 radical (unpaired) electrons. The molecule has 34 heavy (non-hydrogen) atoms. The number of aromatic nitrogens is 1. The molecule has 11 heteroatoms. The summed E-state index contributed by atoms with van der Waals surface area (Å²) >= 11 is 0. The highest BCUT2D eigenvalue weighted by molar-refractivity contribution is 7.89. The molecule has 2 aromatic rings. The molecule has 0 aliphatic carbocycles. The Morgan fingerprint density at radius 1 is 1.12 bits per heavy atom. The van der Waals surface area contributed by atoms with Crippen molar-refractivity contribution in [3.63, 3.8) is 0 Å². The molecule has 1 N–H and O–H groups in total. The third-order valence-corrected chi connectivity index (χ3v) is 8.15. The summed E-state index contributed by atoms with van der Waals surface area (Å²) in [6, 6.07) is 6.49. The lowest BCUT2D eigenvalue weighted by molar-refractivity contribution is -0.132. The van der Waals surface area contributed by atoms with Gasteiger partial charge in [-0.2, -0.15) is 9.57 Å². The number of carbonyl (C=O) groups excluding carboxylic acids is 1. The average Bonchev–Trinajstić information content (AvgIpc) is 2.83. The van der Waals surface area contributed by atoms with E-state index in [4.69, 9.17) is 9.47 Å². The molecule has 10 nitrogen and oxygen atoms in total. The van der Waals surface area contributed by atoms with E-state index in [2.05, 4.69) is 4.98 Å². The Bertz CT molecular complexity index is 1320. The van der Waals surface area contributed by atoms with Gasteiger partial charge in [-0.05, 0) is 43.5 Å². The molecule has 0 saturated carbocycles. The van der Waals surface area contributed by atoms with Gasteiger partial charge < -0.3 is 19.4 Å². The van der Waals surface area contributed by atoms with E-state index in [1.807, 2.05) is 6.07 Å². The van der Waals surface area contributed by atoms with Crippen LogP contribution in [-0.2, 0) is 21.2 Å². The van der Waals surface area contributed by atoms with Crippen molar-refractivity contribution in [2.45, 2.75) is 31.6 Å². The van der Waals surface area contributed by atoms with Gasteiger partial charge in [0.2, 0.25) is 15.9 Å². The number of aromatic amines is 1. The minimum Gasteiger partial charge on any atom is -0.486 e. The monoisotopic (exact) mass is 486 g/mol. The molecule has 0 unspecified atom stereocenters. The fraction of sp³-hybridized carbons (Fsp3) is 0.435. The predicted molar refractivity (Wildman–Crippen MR) is 122 cm³/mol. The van der Waals surface area contributed by atoms with Gasteiger partial charge in [0.15, 0.2) is 11.5 Å². The van der Waals surface area contributed by atoms with Gasteiger partial charge in [0.25, 0.3) is 5.56 Å². The number of pyridine rings is 1. The number of nitriles is 1. The summed E-state index contributed by atoms with van der Waals surface area (Å²) in [5.41, 5.74) is 1.65. The van der Waals surface area contributed by atoms with Crippen LogP contribution >= 0.6 is 0 Å². The summed E-state index contributed by atoms with van der Waals surface area (Å²) in [5.74, 6) is 0.837. The number of carbonyl (C=O) groups is 1. The van der Waals surface area contributed by atoms with Gasteiger partial charge in [-0.25, -0.2) is 8.42 Å². The highest BCUT2D eigenvalue weighted by Gasteiger charge is 2.31. The Kier molecular flexibility index (Phi) is 6.63. The minimum atomic E-state index is -3.73. The molecular formula is C23H26N4O6S. The number of ether oxygens (including phenoxy) is 2. The Labute approximate surface area is 197 Å². The summed E-state index contributed by atoms with van der Waals surface area (Å²) in [6.07, 6.45) is 0.588. The second kappa shape index (κ2) is 9.48. The number of nitrogens with zero attached hydrogens (tertiary/aromatic N) is 3. The Morgan fingerprint density at radius 3 is 2.47 bits per heavy atom. The maximum Gasteiger partial charge on any atom is 0.266 e. The van der Waals surface area contributed by atoms with Crippen LogP contribution in [0.15, 0.2) is 27.9 Å². The maximum absolute atomic E-state index is 13.1. The fourth-order valence-electron chi connectivity index (χ4n) is 4.32. The van der Waals surface area contributed by atoms with E-state index in [-0.39, 0.29) is 49.0 Å². The summed E-state index contributed by atoms with van der Waals surface area (Å²) < 4.78 is 38.5. The number of piperazine rings is 1. The molecule has 1 saturated heterocycles. The zero-order valence-electron chi connectivity index (χ0n) is 19.1. The molecule has 1 amide bonds. The van der Waals surface area contributed by atoms with Gasteiger partial charge in [-0.3, -0.25) is 9.59 Å². The van der Waals surface area contributed by atoms with Gasteiger partial charge in [0.1, 0.15) is 24.8 Å². The number of nitrogens with one attached hydrogen (secondary N) is 1. The summed E-state index contributed by atoms with van der Waals surface area (Å²) in [5, 5.41) is 9.22. The largest absolute Gasteiger partial charge is 0.486 e. The second-order valence-electron chi connectivity index (χ2n) is 8.26. The van der Waals surface area contributed by atoms with Crippen molar-refractivity contribution >= 4 is 15.9 Å². The number of fused-ring (bicyclic) bond motifs is 1. The van der Waals surface area contributed by atoms with Crippen molar-refractivity contribution in [2.24, 2.45) is 0 Å². The standard InChI is InChI=1S/C23H26N4O6S/c1-15-18(16(2)25-23(29)19(15)14-24)4-6-22(28)26-7-9-27(10-8-26)34(30,31)17-3-5-20-21(13-17)33-12-11-32-20/h3,5,13H,4,6-12H2,1-2H3,(H,25,29). The smallest absolute Gasteiger partial charge is 0.266 e. The van der Waals surface area contributed by atoms with Crippen molar-refractivity contribution in [3.8, 4) is 17.6 Å². The first-order valence-corrected chi connectivity index (χ1v) is 12.5. The van der Waals surface area contributed by atoms with Gasteiger partial charge in [0.05, 0.1) is 4.90 Å².